The van der Waals surface area contributed by atoms with Crippen molar-refractivity contribution < 1.29 is 30.0 Å². The molecule has 0 aliphatic carbocycles. The van der Waals surface area contributed by atoms with E-state index in [0.29, 0.717) is 11.1 Å². The van der Waals surface area contributed by atoms with E-state index in [1.807, 2.05) is 147 Å². The highest BCUT2D eigenvalue weighted by Crippen LogP contribution is 2.42. The topological polar surface area (TPSA) is 122 Å². The molecule has 2 unspecified atom stereocenters. The van der Waals surface area contributed by atoms with Crippen LogP contribution in [0.15, 0.2) is 121 Å². The molecule has 244 valence electrons. The van der Waals surface area contributed by atoms with E-state index in [4.69, 9.17) is 0 Å². The third-order valence-corrected chi connectivity index (χ3v) is 8.39. The zero-order valence-electron chi connectivity index (χ0n) is 27.2. The maximum Gasteiger partial charge on any atom is 0.339 e. The lowest BCUT2D eigenvalue weighted by atomic mass is 9.90. The maximum absolute atomic E-state index is 11.6. The van der Waals surface area contributed by atoms with Crippen molar-refractivity contribution in [3.05, 3.63) is 155 Å². The molecule has 48 heavy (non-hydrogen) atoms. The maximum atomic E-state index is 11.6. The summed E-state index contributed by atoms with van der Waals surface area (Å²) in [5.74, 6) is -2.62. The third-order valence-electron chi connectivity index (χ3n) is 8.39. The van der Waals surface area contributed by atoms with Crippen LogP contribution >= 0.6 is 0 Å². The molecular formula is C40H38N2O6. The quantitative estimate of drug-likeness (QED) is 0.133. The molecule has 0 spiro atoms. The number of carboxylic acid groups (broad SMARTS) is 2. The van der Waals surface area contributed by atoms with E-state index >= 15 is 0 Å². The standard InChI is InChI=1S/2C20H19NO3/c2*1-21(2)18(13-8-4-3-5-9-13)17-15-11-7-6-10-14(15)12-16(19(17)22)20(23)24/h2*3-12,18,22H,1-2H3,(H,23,24). The van der Waals surface area contributed by atoms with Crippen LogP contribution in [-0.2, 0) is 0 Å². The van der Waals surface area contributed by atoms with Crippen molar-refractivity contribution in [2.24, 2.45) is 0 Å². The first-order chi connectivity index (χ1) is 23.0. The van der Waals surface area contributed by atoms with Crippen molar-refractivity contribution in [2.75, 3.05) is 28.2 Å². The van der Waals surface area contributed by atoms with Crippen LogP contribution in [0.4, 0.5) is 0 Å². The van der Waals surface area contributed by atoms with Gasteiger partial charge in [-0.2, -0.15) is 0 Å². The number of carboxylic acids is 2. The van der Waals surface area contributed by atoms with Crippen molar-refractivity contribution in [1.82, 2.24) is 9.80 Å². The Bertz CT molecular complexity index is 1930. The van der Waals surface area contributed by atoms with Crippen LogP contribution in [-0.4, -0.2) is 70.4 Å². The molecule has 8 heteroatoms. The molecule has 2 atom stereocenters. The number of nitrogens with zero attached hydrogens (tertiary/aromatic N) is 2. The van der Waals surface area contributed by atoms with Crippen molar-refractivity contribution in [1.29, 1.82) is 0 Å². The highest BCUT2D eigenvalue weighted by Gasteiger charge is 2.27. The highest BCUT2D eigenvalue weighted by molar-refractivity contribution is 6.01. The minimum Gasteiger partial charge on any atom is -0.507 e. The van der Waals surface area contributed by atoms with Crippen LogP contribution in [0.5, 0.6) is 11.5 Å². The lowest BCUT2D eigenvalue weighted by Gasteiger charge is -2.28. The van der Waals surface area contributed by atoms with Crippen LogP contribution in [0.1, 0.15) is 55.1 Å². The van der Waals surface area contributed by atoms with Crippen molar-refractivity contribution in [3.8, 4) is 11.5 Å². The molecule has 0 saturated carbocycles. The summed E-state index contributed by atoms with van der Waals surface area (Å²) in [6, 6.07) is 37.1. The van der Waals surface area contributed by atoms with Gasteiger partial charge in [0.15, 0.2) is 0 Å². The second kappa shape index (κ2) is 14.4. The van der Waals surface area contributed by atoms with Gasteiger partial charge in [0.2, 0.25) is 0 Å². The highest BCUT2D eigenvalue weighted by atomic mass is 16.4. The number of fused-ring (bicyclic) bond motifs is 2. The summed E-state index contributed by atoms with van der Waals surface area (Å²) in [5, 5.41) is 43.7. The Labute approximate surface area is 279 Å². The van der Waals surface area contributed by atoms with Gasteiger partial charge >= 0.3 is 11.9 Å². The van der Waals surface area contributed by atoms with Crippen molar-refractivity contribution in [2.45, 2.75) is 12.1 Å². The number of aromatic carboxylic acids is 2. The van der Waals surface area contributed by atoms with Gasteiger partial charge in [-0.1, -0.05) is 109 Å². The summed E-state index contributed by atoms with van der Waals surface area (Å²) < 4.78 is 0. The van der Waals surface area contributed by atoms with E-state index in [9.17, 15) is 30.0 Å². The molecule has 0 radical (unpaired) electrons. The average molecular weight is 643 g/mol. The first kappa shape index (κ1) is 33.7. The summed E-state index contributed by atoms with van der Waals surface area (Å²) in [6.07, 6.45) is 0. The van der Waals surface area contributed by atoms with Gasteiger partial charge in [-0.15, -0.1) is 0 Å². The van der Waals surface area contributed by atoms with Crippen LogP contribution in [0.25, 0.3) is 21.5 Å². The van der Waals surface area contributed by atoms with Crippen molar-refractivity contribution in [3.63, 3.8) is 0 Å². The smallest absolute Gasteiger partial charge is 0.339 e. The van der Waals surface area contributed by atoms with Crippen LogP contribution in [0.2, 0.25) is 0 Å². The fraction of sp³-hybridized carbons (Fsp3) is 0.150. The molecule has 0 aliphatic heterocycles. The van der Waals surface area contributed by atoms with Gasteiger partial charge in [0, 0.05) is 11.1 Å². The Morgan fingerprint density at radius 1 is 0.500 bits per heavy atom. The molecule has 6 aromatic rings. The molecule has 0 aromatic heterocycles. The molecule has 0 bridgehead atoms. The molecule has 8 nitrogen and oxygen atoms in total. The second-order valence-electron chi connectivity index (χ2n) is 12.0. The summed E-state index contributed by atoms with van der Waals surface area (Å²) in [7, 11) is 7.66. The predicted octanol–water partition coefficient (Wildman–Crippen LogP) is 7.79. The number of hydrogen-bond donors (Lipinski definition) is 4. The van der Waals surface area contributed by atoms with E-state index in [2.05, 4.69) is 0 Å². The average Bonchev–Trinajstić information content (AvgIpc) is 3.07. The van der Waals surface area contributed by atoms with Gasteiger partial charge in [-0.05, 0) is 73.0 Å². The minimum atomic E-state index is -1.13. The van der Waals surface area contributed by atoms with E-state index in [0.717, 1.165) is 32.7 Å². The summed E-state index contributed by atoms with van der Waals surface area (Å²) >= 11 is 0. The monoisotopic (exact) mass is 642 g/mol. The van der Waals surface area contributed by atoms with E-state index in [-0.39, 0.29) is 34.7 Å². The number of rotatable bonds is 8. The van der Waals surface area contributed by atoms with Gasteiger partial charge in [-0.25, -0.2) is 9.59 Å². The zero-order chi connectivity index (χ0) is 34.5. The number of carbonyl (C=O) groups is 2. The van der Waals surface area contributed by atoms with Gasteiger partial charge in [0.05, 0.1) is 12.1 Å². The summed E-state index contributed by atoms with van der Waals surface area (Å²) in [6.45, 7) is 0. The molecule has 0 heterocycles. The first-order valence-electron chi connectivity index (χ1n) is 15.4. The number of benzene rings is 6. The second-order valence-corrected chi connectivity index (χ2v) is 12.0. The summed E-state index contributed by atoms with van der Waals surface area (Å²) in [4.78, 5) is 27.1. The van der Waals surface area contributed by atoms with E-state index in [1.165, 1.54) is 12.1 Å². The third kappa shape index (κ3) is 6.71. The molecule has 6 rings (SSSR count). The normalized spacial score (nSPS) is 12.5. The predicted molar refractivity (Wildman–Crippen MR) is 189 cm³/mol. The zero-order valence-corrected chi connectivity index (χ0v) is 27.2. The Morgan fingerprint density at radius 2 is 0.812 bits per heavy atom. The van der Waals surface area contributed by atoms with Crippen LogP contribution in [0, 0.1) is 0 Å². The van der Waals surface area contributed by atoms with Crippen LogP contribution in [0.3, 0.4) is 0 Å². The Kier molecular flexibility index (Phi) is 10.1. The molecule has 0 aliphatic rings. The molecular weight excluding hydrogens is 604 g/mol. The molecule has 0 fully saturated rings. The molecule has 6 aromatic carbocycles. The number of phenols is 2. The first-order valence-corrected chi connectivity index (χ1v) is 15.4. The Morgan fingerprint density at radius 3 is 1.12 bits per heavy atom. The SMILES string of the molecule is CN(C)C(c1ccccc1)c1c(O)c(C(=O)O)cc2ccccc12.CN(C)C(c1ccccc1)c1c(O)c(C(=O)O)cc2ccccc12. The van der Waals surface area contributed by atoms with Gasteiger partial charge in [0.25, 0.3) is 0 Å². The number of hydrogen-bond acceptors (Lipinski definition) is 6. The molecule has 0 amide bonds. The Balaban J connectivity index is 0.000000188. The number of aromatic hydroxyl groups is 2. The summed E-state index contributed by atoms with van der Waals surface area (Å²) in [5.41, 5.74) is 3.05. The van der Waals surface area contributed by atoms with Gasteiger partial charge in [0.1, 0.15) is 22.6 Å². The fourth-order valence-corrected chi connectivity index (χ4v) is 6.33. The van der Waals surface area contributed by atoms with Crippen LogP contribution < -0.4 is 0 Å². The van der Waals surface area contributed by atoms with E-state index in [1.54, 1.807) is 0 Å². The van der Waals surface area contributed by atoms with E-state index < -0.39 is 11.9 Å². The van der Waals surface area contributed by atoms with Gasteiger partial charge in [-0.3, -0.25) is 9.80 Å². The largest absolute Gasteiger partial charge is 0.507 e. The lowest BCUT2D eigenvalue weighted by molar-refractivity contribution is 0.0682. The Hall–Kier alpha value is -5.70. The molecule has 0 saturated heterocycles. The molecule has 4 N–H and O–H groups in total. The van der Waals surface area contributed by atoms with Crippen molar-refractivity contribution >= 4 is 33.5 Å². The van der Waals surface area contributed by atoms with Gasteiger partial charge < -0.3 is 20.4 Å². The lowest BCUT2D eigenvalue weighted by Crippen LogP contribution is -2.22. The minimum absolute atomic E-state index is 0.0773. The fourth-order valence-electron chi connectivity index (χ4n) is 6.33.